The van der Waals surface area contributed by atoms with Crippen molar-refractivity contribution in [3.05, 3.63) is 0 Å². The SMILES string of the molecule is CCC1CCCC(OC(=O)C2(C(F)(F)F)CCNC2)C1. The van der Waals surface area contributed by atoms with Crippen LogP contribution in [0.4, 0.5) is 13.2 Å². The number of hydrogen-bond donors (Lipinski definition) is 1. The lowest BCUT2D eigenvalue weighted by Gasteiger charge is -2.33. The minimum atomic E-state index is -4.55. The maximum Gasteiger partial charge on any atom is 0.406 e. The van der Waals surface area contributed by atoms with Gasteiger partial charge >= 0.3 is 12.1 Å². The van der Waals surface area contributed by atoms with Crippen molar-refractivity contribution in [2.75, 3.05) is 13.1 Å². The summed E-state index contributed by atoms with van der Waals surface area (Å²) < 4.78 is 44.9. The molecule has 1 saturated heterocycles. The third-order valence-electron chi connectivity index (χ3n) is 4.67. The van der Waals surface area contributed by atoms with Gasteiger partial charge in [-0.2, -0.15) is 13.2 Å². The summed E-state index contributed by atoms with van der Waals surface area (Å²) in [6.45, 7) is 1.91. The van der Waals surface area contributed by atoms with Crippen LogP contribution in [0.3, 0.4) is 0 Å². The van der Waals surface area contributed by atoms with Crippen LogP contribution in [0, 0.1) is 11.3 Å². The summed E-state index contributed by atoms with van der Waals surface area (Å²) in [6.07, 6.45) is -0.746. The van der Waals surface area contributed by atoms with Gasteiger partial charge in [0.15, 0.2) is 5.41 Å². The Balaban J connectivity index is 2.02. The van der Waals surface area contributed by atoms with Gasteiger partial charge in [-0.1, -0.05) is 19.8 Å². The van der Waals surface area contributed by atoms with Gasteiger partial charge in [0.25, 0.3) is 0 Å². The highest BCUT2D eigenvalue weighted by Gasteiger charge is 2.62. The largest absolute Gasteiger partial charge is 0.462 e. The summed E-state index contributed by atoms with van der Waals surface area (Å²) in [5.74, 6) is -0.623. The van der Waals surface area contributed by atoms with Crippen LogP contribution >= 0.6 is 0 Å². The van der Waals surface area contributed by atoms with Crippen LogP contribution < -0.4 is 5.32 Å². The molecule has 0 aromatic rings. The van der Waals surface area contributed by atoms with Gasteiger partial charge in [-0.3, -0.25) is 4.79 Å². The van der Waals surface area contributed by atoms with E-state index in [1.54, 1.807) is 0 Å². The molecule has 1 N–H and O–H groups in total. The van der Waals surface area contributed by atoms with Gasteiger partial charge in [0, 0.05) is 6.54 Å². The Kier molecular flexibility index (Phi) is 4.62. The molecule has 1 aliphatic heterocycles. The Morgan fingerprint density at radius 2 is 2.15 bits per heavy atom. The summed E-state index contributed by atoms with van der Waals surface area (Å²) in [5, 5.41) is 2.64. The molecule has 3 nitrogen and oxygen atoms in total. The van der Waals surface area contributed by atoms with Crippen LogP contribution in [-0.2, 0) is 9.53 Å². The van der Waals surface area contributed by atoms with E-state index < -0.39 is 17.6 Å². The van der Waals surface area contributed by atoms with E-state index in [4.69, 9.17) is 4.74 Å². The Morgan fingerprint density at radius 3 is 2.70 bits per heavy atom. The van der Waals surface area contributed by atoms with Gasteiger partial charge in [-0.25, -0.2) is 0 Å². The lowest BCUT2D eigenvalue weighted by atomic mass is 9.84. The number of carbonyl (C=O) groups is 1. The Hall–Kier alpha value is -0.780. The maximum atomic E-state index is 13.2. The van der Waals surface area contributed by atoms with Gasteiger partial charge in [-0.05, 0) is 38.1 Å². The first-order valence-electron chi connectivity index (χ1n) is 7.37. The highest BCUT2D eigenvalue weighted by Crippen LogP contribution is 2.44. The molecule has 1 aliphatic carbocycles. The number of hydrogen-bond acceptors (Lipinski definition) is 3. The van der Waals surface area contributed by atoms with Crippen molar-refractivity contribution in [1.82, 2.24) is 5.32 Å². The van der Waals surface area contributed by atoms with E-state index in [2.05, 4.69) is 12.2 Å². The maximum absolute atomic E-state index is 13.2. The molecule has 2 aliphatic rings. The Morgan fingerprint density at radius 1 is 1.40 bits per heavy atom. The van der Waals surface area contributed by atoms with Crippen LogP contribution in [0.2, 0.25) is 0 Å². The van der Waals surface area contributed by atoms with Crippen molar-refractivity contribution in [3.63, 3.8) is 0 Å². The molecule has 1 heterocycles. The second-order valence-corrected chi connectivity index (χ2v) is 5.97. The molecule has 2 fully saturated rings. The predicted octanol–water partition coefficient (Wildman–Crippen LogP) is 3.04. The van der Waals surface area contributed by atoms with E-state index in [1.165, 1.54) is 0 Å². The fourth-order valence-electron chi connectivity index (χ4n) is 3.21. The lowest BCUT2D eigenvalue weighted by Crippen LogP contribution is -2.49. The molecule has 1 saturated carbocycles. The average Bonchev–Trinajstić information content (AvgIpc) is 2.89. The number of carbonyl (C=O) groups excluding carboxylic acids is 1. The quantitative estimate of drug-likeness (QED) is 0.813. The number of rotatable bonds is 3. The molecule has 0 aromatic carbocycles. The van der Waals surface area contributed by atoms with Crippen LogP contribution in [0.5, 0.6) is 0 Å². The van der Waals surface area contributed by atoms with Gasteiger partial charge in [0.1, 0.15) is 6.10 Å². The molecule has 0 aromatic heterocycles. The number of ether oxygens (including phenoxy) is 1. The molecule has 6 heteroatoms. The highest BCUT2D eigenvalue weighted by molar-refractivity contribution is 5.79. The molecular formula is C14H22F3NO2. The zero-order valence-electron chi connectivity index (χ0n) is 11.8. The van der Waals surface area contributed by atoms with Crippen LogP contribution in [0.1, 0.15) is 45.4 Å². The number of esters is 1. The molecule has 0 radical (unpaired) electrons. The van der Waals surface area contributed by atoms with Crippen molar-refractivity contribution in [2.45, 2.75) is 57.7 Å². The van der Waals surface area contributed by atoms with Crippen LogP contribution in [0.25, 0.3) is 0 Å². The fourth-order valence-corrected chi connectivity index (χ4v) is 3.21. The lowest BCUT2D eigenvalue weighted by molar-refractivity contribution is -0.232. The van der Waals surface area contributed by atoms with Gasteiger partial charge in [0.05, 0.1) is 0 Å². The second-order valence-electron chi connectivity index (χ2n) is 5.97. The van der Waals surface area contributed by atoms with Crippen molar-refractivity contribution >= 4 is 5.97 Å². The molecule has 3 atom stereocenters. The molecule has 20 heavy (non-hydrogen) atoms. The summed E-state index contributed by atoms with van der Waals surface area (Å²) >= 11 is 0. The van der Waals surface area contributed by atoms with E-state index in [9.17, 15) is 18.0 Å². The van der Waals surface area contributed by atoms with Crippen molar-refractivity contribution in [3.8, 4) is 0 Å². The van der Waals surface area contributed by atoms with Crippen molar-refractivity contribution in [2.24, 2.45) is 11.3 Å². The Labute approximate surface area is 117 Å². The summed E-state index contributed by atoms with van der Waals surface area (Å²) in [4.78, 5) is 12.1. The van der Waals surface area contributed by atoms with E-state index in [1.807, 2.05) is 0 Å². The van der Waals surface area contributed by atoms with Crippen LogP contribution in [0.15, 0.2) is 0 Å². The van der Waals surface area contributed by atoms with Gasteiger partial charge < -0.3 is 10.1 Å². The smallest absolute Gasteiger partial charge is 0.406 e. The molecule has 0 amide bonds. The minimum absolute atomic E-state index is 0.205. The van der Waals surface area contributed by atoms with Crippen molar-refractivity contribution < 1.29 is 22.7 Å². The summed E-state index contributed by atoms with van der Waals surface area (Å²) in [5.41, 5.74) is -2.34. The highest BCUT2D eigenvalue weighted by atomic mass is 19.4. The first-order valence-corrected chi connectivity index (χ1v) is 7.37. The van der Waals surface area contributed by atoms with Crippen molar-refractivity contribution in [1.29, 1.82) is 0 Å². The predicted molar refractivity (Wildman–Crippen MR) is 68.1 cm³/mol. The first-order chi connectivity index (χ1) is 9.39. The first kappa shape index (κ1) is 15.6. The summed E-state index contributed by atoms with van der Waals surface area (Å²) in [7, 11) is 0. The summed E-state index contributed by atoms with van der Waals surface area (Å²) in [6, 6.07) is 0. The third kappa shape index (κ3) is 2.95. The molecule has 0 bridgehead atoms. The van der Waals surface area contributed by atoms with E-state index >= 15 is 0 Å². The second kappa shape index (κ2) is 5.92. The zero-order chi connectivity index (χ0) is 14.8. The molecule has 116 valence electrons. The van der Waals surface area contributed by atoms with Gasteiger partial charge in [-0.15, -0.1) is 0 Å². The minimum Gasteiger partial charge on any atom is -0.462 e. The van der Waals surface area contributed by atoms with Crippen LogP contribution in [-0.4, -0.2) is 31.3 Å². The topological polar surface area (TPSA) is 38.3 Å². The van der Waals surface area contributed by atoms with Gasteiger partial charge in [0.2, 0.25) is 0 Å². The standard InChI is InChI=1S/C14H22F3NO2/c1-2-10-4-3-5-11(8-10)20-12(19)13(14(15,16)17)6-7-18-9-13/h10-11,18H,2-9H2,1H3. The molecule has 3 unspecified atom stereocenters. The number of alkyl halides is 3. The van der Waals surface area contributed by atoms with E-state index in [0.29, 0.717) is 18.8 Å². The monoisotopic (exact) mass is 293 g/mol. The molecule has 2 rings (SSSR count). The molecular weight excluding hydrogens is 271 g/mol. The van der Waals surface area contributed by atoms with E-state index in [0.717, 1.165) is 19.3 Å². The fraction of sp³-hybridized carbons (Fsp3) is 0.929. The Bertz CT molecular complexity index is 351. The normalized spacial score (nSPS) is 35.0. The van der Waals surface area contributed by atoms with E-state index in [-0.39, 0.29) is 25.6 Å². The number of nitrogens with one attached hydrogen (secondary N) is 1. The third-order valence-corrected chi connectivity index (χ3v) is 4.67. The number of halogens is 3. The zero-order valence-corrected chi connectivity index (χ0v) is 11.8. The molecule has 0 spiro atoms. The average molecular weight is 293 g/mol.